The predicted octanol–water partition coefficient (Wildman–Crippen LogP) is 2.98. The number of nitrogens with zero attached hydrogens (tertiary/aromatic N) is 5. The molecule has 3 heterocycles. The topological polar surface area (TPSA) is 107 Å². The van der Waals surface area contributed by atoms with Crippen LogP contribution in [0.2, 0.25) is 0 Å². The number of benzene rings is 1. The van der Waals surface area contributed by atoms with Crippen LogP contribution in [0.25, 0.3) is 5.65 Å². The Hall–Kier alpha value is -3.61. The molecule has 0 unspecified atom stereocenters. The van der Waals surface area contributed by atoms with Gasteiger partial charge in [-0.25, -0.2) is 4.68 Å². The van der Waals surface area contributed by atoms with Gasteiger partial charge in [0.05, 0.1) is 26.0 Å². The van der Waals surface area contributed by atoms with Crippen molar-refractivity contribution in [3.63, 3.8) is 0 Å². The van der Waals surface area contributed by atoms with Crippen LogP contribution in [0.5, 0.6) is 11.6 Å². The number of carbonyl (C=O) groups is 1. The van der Waals surface area contributed by atoms with Gasteiger partial charge in [-0.05, 0) is 23.6 Å². The first-order chi connectivity index (χ1) is 17.4. The van der Waals surface area contributed by atoms with E-state index in [1.54, 1.807) is 19.2 Å². The van der Waals surface area contributed by atoms with Gasteiger partial charge in [-0.3, -0.25) is 10.2 Å². The number of nitrogens with one attached hydrogen (secondary N) is 1. The number of halogens is 3. The van der Waals surface area contributed by atoms with Crippen molar-refractivity contribution in [1.29, 1.82) is 5.41 Å². The number of hydrogen-bond donors (Lipinski definition) is 1. The Morgan fingerprint density at radius 3 is 2.46 bits per heavy atom. The Labute approximate surface area is 211 Å². The molecule has 2 aromatic heterocycles. The molecule has 200 valence electrons. The van der Waals surface area contributed by atoms with Crippen LogP contribution < -0.4 is 20.0 Å². The van der Waals surface area contributed by atoms with Gasteiger partial charge in [-0.2, -0.15) is 17.7 Å². The highest BCUT2D eigenvalue weighted by molar-refractivity contribution is 5.97. The molecule has 0 atom stereocenters. The number of aromatic nitrogens is 4. The second-order valence-corrected chi connectivity index (χ2v) is 9.68. The fraction of sp³-hybridized carbons (Fsp3) is 0.500. The molecule has 1 aromatic carbocycles. The van der Waals surface area contributed by atoms with Crippen molar-refractivity contribution in [1.82, 2.24) is 19.4 Å². The molecule has 1 saturated heterocycles. The standard InChI is InChI=1S/C24H29F3N6O4/c1-23(2,3)16-11-15(12-17(21(16)35-4)31-7-9-36-10-8-31)18(34)13-32-22(28)33-19(29-32)5-6-20(30-33)37-14-24(25,26)27/h5-6,11-12,28H,7-10,13-14H2,1-4H3. The van der Waals surface area contributed by atoms with Crippen LogP contribution >= 0.6 is 0 Å². The minimum absolute atomic E-state index is 0.191. The normalized spacial score (nSPS) is 14.7. The predicted molar refractivity (Wildman–Crippen MR) is 127 cm³/mol. The summed E-state index contributed by atoms with van der Waals surface area (Å²) in [7, 11) is 1.61. The zero-order valence-corrected chi connectivity index (χ0v) is 21.1. The number of anilines is 1. The summed E-state index contributed by atoms with van der Waals surface area (Å²) in [6, 6.07) is 6.18. The lowest BCUT2D eigenvalue weighted by Crippen LogP contribution is -2.37. The summed E-state index contributed by atoms with van der Waals surface area (Å²) < 4.78 is 55.5. The van der Waals surface area contributed by atoms with E-state index in [1.807, 2.05) is 20.8 Å². The van der Waals surface area contributed by atoms with Gasteiger partial charge < -0.3 is 19.1 Å². The van der Waals surface area contributed by atoms with E-state index in [9.17, 15) is 18.0 Å². The van der Waals surface area contributed by atoms with Gasteiger partial charge in [-0.1, -0.05) is 20.8 Å². The molecule has 37 heavy (non-hydrogen) atoms. The van der Waals surface area contributed by atoms with Gasteiger partial charge >= 0.3 is 6.18 Å². The van der Waals surface area contributed by atoms with Crippen LogP contribution in [0.15, 0.2) is 24.3 Å². The number of ketones is 1. The number of fused-ring (bicyclic) bond motifs is 1. The van der Waals surface area contributed by atoms with Crippen LogP contribution in [-0.4, -0.2) is 71.4 Å². The number of morpholine rings is 1. The zero-order valence-electron chi connectivity index (χ0n) is 21.1. The van der Waals surface area contributed by atoms with Crippen molar-refractivity contribution in [3.05, 3.63) is 41.0 Å². The molecular formula is C24H29F3N6O4. The highest BCUT2D eigenvalue weighted by Gasteiger charge is 2.29. The van der Waals surface area contributed by atoms with Crippen molar-refractivity contribution in [2.45, 2.75) is 38.9 Å². The Balaban J connectivity index is 1.67. The van der Waals surface area contributed by atoms with E-state index in [4.69, 9.17) is 14.9 Å². The molecule has 1 N–H and O–H groups in total. The number of carbonyl (C=O) groups excluding carboxylic acids is 1. The van der Waals surface area contributed by atoms with Crippen molar-refractivity contribution in [2.24, 2.45) is 0 Å². The quantitative estimate of drug-likeness (QED) is 0.476. The zero-order chi connectivity index (χ0) is 27.0. The van der Waals surface area contributed by atoms with Gasteiger partial charge in [0.2, 0.25) is 11.5 Å². The molecule has 0 aliphatic carbocycles. The molecule has 3 aromatic rings. The Bertz CT molecular complexity index is 1350. The van der Waals surface area contributed by atoms with Gasteiger partial charge in [-0.15, -0.1) is 10.2 Å². The first-order valence-electron chi connectivity index (χ1n) is 11.7. The summed E-state index contributed by atoms with van der Waals surface area (Å²) in [5.41, 5.74) is 1.67. The van der Waals surface area contributed by atoms with E-state index in [1.165, 1.54) is 12.1 Å². The summed E-state index contributed by atoms with van der Waals surface area (Å²) in [4.78, 5) is 15.5. The van der Waals surface area contributed by atoms with Gasteiger partial charge in [0.25, 0.3) is 0 Å². The molecule has 10 nitrogen and oxygen atoms in total. The molecule has 1 aliphatic heterocycles. The van der Waals surface area contributed by atoms with Crippen molar-refractivity contribution < 1.29 is 32.2 Å². The second kappa shape index (κ2) is 10.0. The maximum Gasteiger partial charge on any atom is 0.422 e. The number of Topliss-reactive ketones (excluding diaryl/α,β-unsaturated/α-hetero) is 1. The molecule has 0 bridgehead atoms. The van der Waals surface area contributed by atoms with Crippen LogP contribution in [0.3, 0.4) is 0 Å². The highest BCUT2D eigenvalue weighted by atomic mass is 19.4. The highest BCUT2D eigenvalue weighted by Crippen LogP contribution is 2.40. The molecule has 1 fully saturated rings. The second-order valence-electron chi connectivity index (χ2n) is 9.68. The van der Waals surface area contributed by atoms with Gasteiger partial charge in [0.1, 0.15) is 12.3 Å². The molecule has 0 spiro atoms. The molecule has 0 saturated carbocycles. The lowest BCUT2D eigenvalue weighted by molar-refractivity contribution is -0.154. The van der Waals surface area contributed by atoms with Crippen molar-refractivity contribution in [2.75, 3.05) is 44.9 Å². The summed E-state index contributed by atoms with van der Waals surface area (Å²) in [6.45, 7) is 6.76. The lowest BCUT2D eigenvalue weighted by atomic mass is 9.84. The van der Waals surface area contributed by atoms with Crippen molar-refractivity contribution >= 4 is 17.1 Å². The third kappa shape index (κ3) is 5.87. The Morgan fingerprint density at radius 2 is 1.84 bits per heavy atom. The van der Waals surface area contributed by atoms with Crippen LogP contribution in [0, 0.1) is 5.41 Å². The monoisotopic (exact) mass is 522 g/mol. The molecule has 0 amide bonds. The summed E-state index contributed by atoms with van der Waals surface area (Å²) in [5.74, 6) is 0.0931. The SMILES string of the molecule is COc1c(N2CCOCC2)cc(C(=O)Cn2nc3ccc(OCC(F)(F)F)nn3c2=N)cc1C(C)(C)C. The number of methoxy groups -OCH3 is 1. The minimum atomic E-state index is -4.52. The van der Waals surface area contributed by atoms with E-state index in [-0.39, 0.29) is 34.9 Å². The first-order valence-corrected chi connectivity index (χ1v) is 11.7. The van der Waals surface area contributed by atoms with Gasteiger partial charge in [0, 0.05) is 30.3 Å². The Morgan fingerprint density at radius 1 is 1.14 bits per heavy atom. The number of alkyl halides is 3. The van der Waals surface area contributed by atoms with Gasteiger partial charge in [0.15, 0.2) is 18.0 Å². The van der Waals surface area contributed by atoms with E-state index < -0.39 is 12.8 Å². The number of ether oxygens (including phenoxy) is 3. The maximum absolute atomic E-state index is 13.4. The van der Waals surface area contributed by atoms with Crippen LogP contribution in [-0.2, 0) is 16.7 Å². The maximum atomic E-state index is 13.4. The molecular weight excluding hydrogens is 493 g/mol. The van der Waals surface area contributed by atoms with E-state index >= 15 is 0 Å². The third-order valence-electron chi connectivity index (χ3n) is 5.89. The summed E-state index contributed by atoms with van der Waals surface area (Å²) >= 11 is 0. The first kappa shape index (κ1) is 26.5. The van der Waals surface area contributed by atoms with Crippen LogP contribution in [0.4, 0.5) is 18.9 Å². The molecule has 0 radical (unpaired) electrons. The average molecular weight is 523 g/mol. The summed E-state index contributed by atoms with van der Waals surface area (Å²) in [5, 5.41) is 16.5. The smallest absolute Gasteiger partial charge is 0.422 e. The lowest BCUT2D eigenvalue weighted by Gasteiger charge is -2.33. The van der Waals surface area contributed by atoms with E-state index in [0.29, 0.717) is 37.6 Å². The fourth-order valence-electron chi connectivity index (χ4n) is 4.07. The van der Waals surface area contributed by atoms with E-state index in [2.05, 4.69) is 19.8 Å². The molecule has 13 heteroatoms. The molecule has 1 aliphatic rings. The Kier molecular flexibility index (Phi) is 7.18. The number of hydrogen-bond acceptors (Lipinski definition) is 8. The minimum Gasteiger partial charge on any atom is -0.494 e. The largest absolute Gasteiger partial charge is 0.494 e. The summed E-state index contributed by atoms with van der Waals surface area (Å²) in [6.07, 6.45) is -4.52. The van der Waals surface area contributed by atoms with E-state index in [0.717, 1.165) is 20.4 Å². The average Bonchev–Trinajstić information content (AvgIpc) is 3.15. The number of rotatable bonds is 7. The molecule has 4 rings (SSSR count). The van der Waals surface area contributed by atoms with Crippen LogP contribution in [0.1, 0.15) is 36.7 Å². The van der Waals surface area contributed by atoms with Crippen molar-refractivity contribution in [3.8, 4) is 11.6 Å². The fourth-order valence-corrected chi connectivity index (χ4v) is 4.07. The third-order valence-corrected chi connectivity index (χ3v) is 5.89.